The van der Waals surface area contributed by atoms with Crippen molar-refractivity contribution in [3.8, 4) is 0 Å². The number of nitrogens with zero attached hydrogens (tertiary/aromatic N) is 1. The predicted molar refractivity (Wildman–Crippen MR) is 70.3 cm³/mol. The number of halogens is 1. The topological polar surface area (TPSA) is 75.4 Å². The Morgan fingerprint density at radius 2 is 2.16 bits per heavy atom. The van der Waals surface area contributed by atoms with Crippen molar-refractivity contribution in [1.29, 1.82) is 0 Å². The minimum absolute atomic E-state index is 0.287. The minimum Gasteiger partial charge on any atom is -0.387 e. The molecule has 1 unspecified atom stereocenters. The molecule has 1 rings (SSSR count). The molecule has 0 bridgehead atoms. The molecule has 0 amide bonds. The Labute approximate surface area is 111 Å². The molecule has 2 N–H and O–H groups in total. The van der Waals surface area contributed by atoms with Gasteiger partial charge in [0.25, 0.3) is 0 Å². The van der Waals surface area contributed by atoms with Crippen molar-refractivity contribution in [3.05, 3.63) is 39.7 Å². The summed E-state index contributed by atoms with van der Waals surface area (Å²) in [4.78, 5) is 9.81. The lowest BCUT2D eigenvalue weighted by atomic mass is 10.1. The third kappa shape index (κ3) is 4.92. The lowest BCUT2D eigenvalue weighted by Crippen LogP contribution is -2.23. The molecule has 0 aromatic heterocycles. The van der Waals surface area contributed by atoms with Gasteiger partial charge >= 0.3 is 5.69 Å². The average Bonchev–Trinajstić information content (AvgIpc) is 2.34. The fourth-order valence-electron chi connectivity index (χ4n) is 1.62. The second-order valence-electron chi connectivity index (χ2n) is 4.87. The molecule has 6 heteroatoms. The van der Waals surface area contributed by atoms with Crippen molar-refractivity contribution < 1.29 is 14.4 Å². The van der Waals surface area contributed by atoms with Gasteiger partial charge < -0.3 is 10.4 Å². The maximum atomic E-state index is 13.1. The van der Waals surface area contributed by atoms with Gasteiger partial charge in [-0.25, -0.2) is 0 Å². The molecule has 0 saturated heterocycles. The molecule has 0 aliphatic rings. The van der Waals surface area contributed by atoms with Gasteiger partial charge in [-0.05, 0) is 30.5 Å². The monoisotopic (exact) mass is 270 g/mol. The van der Waals surface area contributed by atoms with Gasteiger partial charge in [-0.15, -0.1) is 0 Å². The lowest BCUT2D eigenvalue weighted by Gasteiger charge is -2.13. The quantitative estimate of drug-likeness (QED) is 0.453. The normalized spacial score (nSPS) is 12.7. The molecular formula is C13H19FN2O3. The van der Waals surface area contributed by atoms with E-state index in [1.54, 1.807) is 0 Å². The van der Waals surface area contributed by atoms with Crippen LogP contribution >= 0.6 is 0 Å². The summed E-state index contributed by atoms with van der Waals surface area (Å²) in [7, 11) is 0. The number of hydrogen-bond acceptors (Lipinski definition) is 4. The van der Waals surface area contributed by atoms with Gasteiger partial charge in [0.15, 0.2) is 0 Å². The number of nitro groups is 1. The SMILES string of the molecule is CC(C)CCNCC(O)c1ccc(F)c([N+](=O)[O-])c1. The highest BCUT2D eigenvalue weighted by Gasteiger charge is 2.17. The van der Waals surface area contributed by atoms with Crippen LogP contribution in [0.4, 0.5) is 10.1 Å². The van der Waals surface area contributed by atoms with E-state index < -0.39 is 22.5 Å². The Balaban J connectivity index is 2.59. The molecule has 5 nitrogen and oxygen atoms in total. The molecule has 0 radical (unpaired) electrons. The van der Waals surface area contributed by atoms with E-state index in [0.29, 0.717) is 11.5 Å². The van der Waals surface area contributed by atoms with E-state index in [1.165, 1.54) is 6.07 Å². The van der Waals surface area contributed by atoms with E-state index >= 15 is 0 Å². The summed E-state index contributed by atoms with van der Waals surface area (Å²) in [5.41, 5.74) is -0.274. The van der Waals surface area contributed by atoms with Crippen LogP contribution in [0.3, 0.4) is 0 Å². The van der Waals surface area contributed by atoms with Gasteiger partial charge in [-0.3, -0.25) is 10.1 Å². The standard InChI is InChI=1S/C13H19FN2O3/c1-9(2)5-6-15-8-13(17)10-3-4-11(14)12(7-10)16(18)19/h3-4,7,9,13,15,17H,5-6,8H2,1-2H3. The third-order valence-corrected chi connectivity index (χ3v) is 2.79. The van der Waals surface area contributed by atoms with Gasteiger partial charge in [0, 0.05) is 12.6 Å². The molecule has 1 aromatic carbocycles. The summed E-state index contributed by atoms with van der Waals surface area (Å²) in [5.74, 6) is -0.328. The maximum Gasteiger partial charge on any atom is 0.305 e. The molecule has 0 aliphatic heterocycles. The molecule has 0 aliphatic carbocycles. The smallest absolute Gasteiger partial charge is 0.305 e. The predicted octanol–water partition coefficient (Wildman–Crippen LogP) is 2.40. The second kappa shape index (κ2) is 7.16. The van der Waals surface area contributed by atoms with Crippen molar-refractivity contribution >= 4 is 5.69 Å². The summed E-state index contributed by atoms with van der Waals surface area (Å²) >= 11 is 0. The number of hydrogen-bond donors (Lipinski definition) is 2. The molecule has 1 aromatic rings. The molecule has 0 saturated carbocycles. The van der Waals surface area contributed by atoms with Crippen LogP contribution in [0.1, 0.15) is 31.9 Å². The zero-order valence-corrected chi connectivity index (χ0v) is 11.1. The zero-order chi connectivity index (χ0) is 14.4. The van der Waals surface area contributed by atoms with Crippen molar-refractivity contribution in [2.45, 2.75) is 26.4 Å². The van der Waals surface area contributed by atoms with Crippen molar-refractivity contribution in [2.24, 2.45) is 5.92 Å². The highest BCUT2D eigenvalue weighted by atomic mass is 19.1. The van der Waals surface area contributed by atoms with Crippen LogP contribution in [0.2, 0.25) is 0 Å². The van der Waals surface area contributed by atoms with Gasteiger partial charge in [0.2, 0.25) is 5.82 Å². The van der Waals surface area contributed by atoms with E-state index in [9.17, 15) is 19.6 Å². The Morgan fingerprint density at radius 3 is 2.74 bits per heavy atom. The van der Waals surface area contributed by atoms with Crippen LogP contribution in [-0.4, -0.2) is 23.1 Å². The van der Waals surface area contributed by atoms with Crippen LogP contribution in [-0.2, 0) is 0 Å². The Hall–Kier alpha value is -1.53. The highest BCUT2D eigenvalue weighted by molar-refractivity contribution is 5.37. The van der Waals surface area contributed by atoms with E-state index in [4.69, 9.17) is 0 Å². The molecule has 1 atom stereocenters. The van der Waals surface area contributed by atoms with Gasteiger partial charge in [-0.1, -0.05) is 19.9 Å². The molecular weight excluding hydrogens is 251 g/mol. The first-order valence-corrected chi connectivity index (χ1v) is 6.24. The first kappa shape index (κ1) is 15.5. The fraction of sp³-hybridized carbons (Fsp3) is 0.538. The number of nitrogens with one attached hydrogen (secondary N) is 1. The summed E-state index contributed by atoms with van der Waals surface area (Å²) in [6.07, 6.45) is 0.0995. The highest BCUT2D eigenvalue weighted by Crippen LogP contribution is 2.22. The van der Waals surface area contributed by atoms with Crippen LogP contribution in [0.5, 0.6) is 0 Å². The van der Waals surface area contributed by atoms with E-state index in [0.717, 1.165) is 25.1 Å². The number of rotatable bonds is 7. The van der Waals surface area contributed by atoms with Gasteiger partial charge in [0.1, 0.15) is 0 Å². The third-order valence-electron chi connectivity index (χ3n) is 2.79. The summed E-state index contributed by atoms with van der Waals surface area (Å²) in [6.45, 7) is 5.25. The van der Waals surface area contributed by atoms with Crippen molar-refractivity contribution in [1.82, 2.24) is 5.32 Å². The zero-order valence-electron chi connectivity index (χ0n) is 11.1. The lowest BCUT2D eigenvalue weighted by molar-refractivity contribution is -0.387. The minimum atomic E-state index is -0.895. The Bertz CT molecular complexity index is 438. The molecule has 19 heavy (non-hydrogen) atoms. The van der Waals surface area contributed by atoms with Gasteiger partial charge in [0.05, 0.1) is 11.0 Å². The molecule has 0 fully saturated rings. The largest absolute Gasteiger partial charge is 0.387 e. The van der Waals surface area contributed by atoms with Crippen LogP contribution in [0, 0.1) is 21.8 Å². The Kier molecular flexibility index (Phi) is 5.85. The first-order valence-electron chi connectivity index (χ1n) is 6.24. The summed E-state index contributed by atoms with van der Waals surface area (Å²) < 4.78 is 13.1. The summed E-state index contributed by atoms with van der Waals surface area (Å²) in [6, 6.07) is 3.44. The van der Waals surface area contributed by atoms with Gasteiger partial charge in [-0.2, -0.15) is 4.39 Å². The summed E-state index contributed by atoms with van der Waals surface area (Å²) in [5, 5.41) is 23.5. The van der Waals surface area contributed by atoms with Crippen LogP contribution in [0.15, 0.2) is 18.2 Å². The van der Waals surface area contributed by atoms with Crippen LogP contribution in [0.25, 0.3) is 0 Å². The first-order chi connectivity index (χ1) is 8.91. The Morgan fingerprint density at radius 1 is 1.47 bits per heavy atom. The maximum absolute atomic E-state index is 13.1. The number of nitro benzene ring substituents is 1. The van der Waals surface area contributed by atoms with E-state index in [1.807, 2.05) is 0 Å². The molecule has 0 heterocycles. The van der Waals surface area contributed by atoms with Crippen molar-refractivity contribution in [3.63, 3.8) is 0 Å². The number of benzene rings is 1. The molecule has 0 spiro atoms. The van der Waals surface area contributed by atoms with E-state index in [2.05, 4.69) is 19.2 Å². The second-order valence-corrected chi connectivity index (χ2v) is 4.87. The van der Waals surface area contributed by atoms with Crippen LogP contribution < -0.4 is 5.32 Å². The van der Waals surface area contributed by atoms with Crippen molar-refractivity contribution in [2.75, 3.05) is 13.1 Å². The number of aliphatic hydroxyl groups excluding tert-OH is 1. The number of aliphatic hydroxyl groups is 1. The van der Waals surface area contributed by atoms with E-state index in [-0.39, 0.29) is 6.54 Å². The molecule has 106 valence electrons. The fourth-order valence-corrected chi connectivity index (χ4v) is 1.62. The average molecular weight is 270 g/mol.